The van der Waals surface area contributed by atoms with Crippen molar-refractivity contribution >= 4 is 17.6 Å². The van der Waals surface area contributed by atoms with Gasteiger partial charge in [-0.3, -0.25) is 4.79 Å². The predicted molar refractivity (Wildman–Crippen MR) is 90.5 cm³/mol. The molecule has 0 bridgehead atoms. The Morgan fingerprint density at radius 3 is 2.46 bits per heavy atom. The summed E-state index contributed by atoms with van der Waals surface area (Å²) < 4.78 is 18.0. The third-order valence-electron chi connectivity index (χ3n) is 3.72. The van der Waals surface area contributed by atoms with Gasteiger partial charge in [-0.05, 0) is 55.7 Å². The number of hydrogen-bond donors (Lipinski definition) is 1. The second kappa shape index (κ2) is 7.73. The van der Waals surface area contributed by atoms with Gasteiger partial charge >= 0.3 is 5.97 Å². The average Bonchev–Trinajstić information content (AvgIpc) is 2.57. The molecule has 0 aliphatic heterocycles. The minimum Gasteiger partial charge on any atom is -0.449 e. The Balaban J connectivity index is 2.05. The number of ether oxygens (including phenoxy) is 1. The molecule has 0 saturated carbocycles. The molecule has 0 radical (unpaired) electrons. The van der Waals surface area contributed by atoms with E-state index in [0.29, 0.717) is 0 Å². The van der Waals surface area contributed by atoms with Crippen LogP contribution in [0.1, 0.15) is 35.3 Å². The molecule has 1 unspecified atom stereocenters. The molecule has 0 aromatic heterocycles. The highest BCUT2D eigenvalue weighted by molar-refractivity contribution is 5.98. The van der Waals surface area contributed by atoms with Crippen LogP contribution in [-0.2, 0) is 16.0 Å². The highest BCUT2D eigenvalue weighted by Crippen LogP contribution is 2.21. The van der Waals surface area contributed by atoms with Crippen LogP contribution in [0.25, 0.3) is 0 Å². The van der Waals surface area contributed by atoms with Crippen molar-refractivity contribution in [2.24, 2.45) is 0 Å². The summed E-state index contributed by atoms with van der Waals surface area (Å²) in [5.41, 5.74) is 2.90. The Labute approximate surface area is 140 Å². The Kier molecular flexibility index (Phi) is 5.68. The van der Waals surface area contributed by atoms with Crippen molar-refractivity contribution in [3.63, 3.8) is 0 Å². The van der Waals surface area contributed by atoms with Crippen molar-refractivity contribution < 1.29 is 18.7 Å². The lowest BCUT2D eigenvalue weighted by atomic mass is 10.1. The number of halogens is 1. The molecule has 1 atom stereocenters. The second-order valence-electron chi connectivity index (χ2n) is 5.51. The molecule has 2 rings (SSSR count). The smallest absolute Gasteiger partial charge is 0.338 e. The zero-order chi connectivity index (χ0) is 17.7. The Morgan fingerprint density at radius 2 is 1.83 bits per heavy atom. The maximum atomic E-state index is 12.9. The number of carbonyl (C=O) groups excluding carboxylic acids is 2. The monoisotopic (exact) mass is 329 g/mol. The molecule has 2 aromatic rings. The van der Waals surface area contributed by atoms with E-state index in [1.54, 1.807) is 0 Å². The first kappa shape index (κ1) is 17.7. The lowest BCUT2D eigenvalue weighted by Crippen LogP contribution is -2.30. The van der Waals surface area contributed by atoms with E-state index in [9.17, 15) is 14.0 Å². The van der Waals surface area contributed by atoms with E-state index in [1.807, 2.05) is 32.0 Å². The molecule has 1 N–H and O–H groups in total. The van der Waals surface area contributed by atoms with Crippen LogP contribution in [0.4, 0.5) is 10.1 Å². The van der Waals surface area contributed by atoms with Gasteiger partial charge in [0.25, 0.3) is 5.91 Å². The molecule has 0 spiro atoms. The number of esters is 1. The van der Waals surface area contributed by atoms with Crippen molar-refractivity contribution in [2.45, 2.75) is 33.3 Å². The first-order valence-electron chi connectivity index (χ1n) is 7.78. The summed E-state index contributed by atoms with van der Waals surface area (Å²) >= 11 is 0. The fourth-order valence-electron chi connectivity index (χ4n) is 2.29. The van der Waals surface area contributed by atoms with Crippen LogP contribution in [0.5, 0.6) is 0 Å². The van der Waals surface area contributed by atoms with E-state index >= 15 is 0 Å². The summed E-state index contributed by atoms with van der Waals surface area (Å²) in [6, 6.07) is 10.8. The standard InChI is InChI=1S/C19H20FNO3/c1-4-14-7-5-6-12(2)17(14)21-18(22)13(3)24-19(23)15-8-10-16(20)11-9-15/h5-11,13H,4H2,1-3H3,(H,21,22). The summed E-state index contributed by atoms with van der Waals surface area (Å²) in [4.78, 5) is 24.3. The van der Waals surface area contributed by atoms with Crippen LogP contribution >= 0.6 is 0 Å². The summed E-state index contributed by atoms with van der Waals surface area (Å²) in [6.45, 7) is 5.41. The Hall–Kier alpha value is -2.69. The van der Waals surface area contributed by atoms with Gasteiger partial charge in [0.2, 0.25) is 0 Å². The minimum atomic E-state index is -0.966. The molecule has 2 aromatic carbocycles. The van der Waals surface area contributed by atoms with Crippen LogP contribution in [0.15, 0.2) is 42.5 Å². The van der Waals surface area contributed by atoms with Crippen molar-refractivity contribution in [1.82, 2.24) is 0 Å². The number of carbonyl (C=O) groups is 2. The van der Waals surface area contributed by atoms with Gasteiger partial charge in [-0.25, -0.2) is 9.18 Å². The van der Waals surface area contributed by atoms with Crippen molar-refractivity contribution in [3.05, 3.63) is 65.0 Å². The largest absolute Gasteiger partial charge is 0.449 e. The van der Waals surface area contributed by atoms with Crippen LogP contribution in [0.2, 0.25) is 0 Å². The van der Waals surface area contributed by atoms with E-state index in [-0.39, 0.29) is 5.56 Å². The number of benzene rings is 2. The molecule has 0 aliphatic carbocycles. The number of anilines is 1. The number of rotatable bonds is 5. The van der Waals surface area contributed by atoms with E-state index in [2.05, 4.69) is 5.32 Å². The topological polar surface area (TPSA) is 55.4 Å². The molecule has 4 nitrogen and oxygen atoms in total. The SMILES string of the molecule is CCc1cccc(C)c1NC(=O)C(C)OC(=O)c1ccc(F)cc1. The Morgan fingerprint density at radius 1 is 1.17 bits per heavy atom. The molecular formula is C19H20FNO3. The lowest BCUT2D eigenvalue weighted by molar-refractivity contribution is -0.123. The quantitative estimate of drug-likeness (QED) is 0.847. The van der Waals surface area contributed by atoms with E-state index in [4.69, 9.17) is 4.74 Å². The van der Waals surface area contributed by atoms with E-state index < -0.39 is 23.8 Å². The highest BCUT2D eigenvalue weighted by Gasteiger charge is 2.20. The summed E-state index contributed by atoms with van der Waals surface area (Å²) in [7, 11) is 0. The molecule has 0 heterocycles. The zero-order valence-electron chi connectivity index (χ0n) is 13.9. The normalized spacial score (nSPS) is 11.7. The first-order valence-corrected chi connectivity index (χ1v) is 7.78. The molecule has 0 saturated heterocycles. The van der Waals surface area contributed by atoms with Crippen LogP contribution in [-0.4, -0.2) is 18.0 Å². The van der Waals surface area contributed by atoms with Crippen LogP contribution in [0.3, 0.4) is 0 Å². The molecule has 126 valence electrons. The van der Waals surface area contributed by atoms with E-state index in [0.717, 1.165) is 23.2 Å². The van der Waals surface area contributed by atoms with E-state index in [1.165, 1.54) is 31.2 Å². The van der Waals surface area contributed by atoms with Gasteiger partial charge in [-0.15, -0.1) is 0 Å². The molecule has 1 amide bonds. The third-order valence-corrected chi connectivity index (χ3v) is 3.72. The fourth-order valence-corrected chi connectivity index (χ4v) is 2.29. The summed E-state index contributed by atoms with van der Waals surface area (Å²) in [6.07, 6.45) is -0.187. The maximum absolute atomic E-state index is 12.9. The molecular weight excluding hydrogens is 309 g/mol. The molecule has 5 heteroatoms. The third kappa shape index (κ3) is 4.19. The van der Waals surface area contributed by atoms with Crippen molar-refractivity contribution in [3.8, 4) is 0 Å². The van der Waals surface area contributed by atoms with Crippen LogP contribution < -0.4 is 5.32 Å². The van der Waals surface area contributed by atoms with Gasteiger partial charge in [-0.2, -0.15) is 0 Å². The maximum Gasteiger partial charge on any atom is 0.338 e. The Bertz CT molecular complexity index is 741. The van der Waals surface area contributed by atoms with Crippen molar-refractivity contribution in [2.75, 3.05) is 5.32 Å². The van der Waals surface area contributed by atoms with Gasteiger partial charge < -0.3 is 10.1 Å². The van der Waals surface area contributed by atoms with Gasteiger partial charge in [0.15, 0.2) is 6.10 Å². The highest BCUT2D eigenvalue weighted by atomic mass is 19.1. The minimum absolute atomic E-state index is 0.196. The predicted octanol–water partition coefficient (Wildman–Crippen LogP) is 3.88. The van der Waals surface area contributed by atoms with Gasteiger partial charge in [-0.1, -0.05) is 25.1 Å². The summed E-state index contributed by atoms with van der Waals surface area (Å²) in [5.74, 6) is -1.52. The molecule has 0 aliphatic rings. The number of aryl methyl sites for hydroxylation is 2. The number of amides is 1. The second-order valence-corrected chi connectivity index (χ2v) is 5.51. The zero-order valence-corrected chi connectivity index (χ0v) is 13.9. The molecule has 0 fully saturated rings. The fraction of sp³-hybridized carbons (Fsp3) is 0.263. The van der Waals surface area contributed by atoms with Gasteiger partial charge in [0.1, 0.15) is 5.82 Å². The van der Waals surface area contributed by atoms with Crippen LogP contribution in [0, 0.1) is 12.7 Å². The number of nitrogens with one attached hydrogen (secondary N) is 1. The average molecular weight is 329 g/mol. The van der Waals surface area contributed by atoms with Crippen molar-refractivity contribution in [1.29, 1.82) is 0 Å². The van der Waals surface area contributed by atoms with Gasteiger partial charge in [0.05, 0.1) is 5.56 Å². The van der Waals surface area contributed by atoms with Gasteiger partial charge in [0, 0.05) is 5.69 Å². The number of hydrogen-bond acceptors (Lipinski definition) is 3. The first-order chi connectivity index (χ1) is 11.4. The lowest BCUT2D eigenvalue weighted by Gasteiger charge is -2.17. The molecule has 24 heavy (non-hydrogen) atoms. The number of para-hydroxylation sites is 1. The summed E-state index contributed by atoms with van der Waals surface area (Å²) in [5, 5.41) is 2.82.